The first kappa shape index (κ1) is 27.8. The highest BCUT2D eigenvalue weighted by Crippen LogP contribution is 2.31. The maximum Gasteiger partial charge on any atom is 0.244 e. The number of hydrogen-bond donors (Lipinski definition) is 1. The van der Waals surface area contributed by atoms with E-state index in [4.69, 9.17) is 16.3 Å². The van der Waals surface area contributed by atoms with Crippen LogP contribution in [-0.2, 0) is 26.2 Å². The van der Waals surface area contributed by atoms with Gasteiger partial charge >= 0.3 is 0 Å². The molecule has 10 heteroatoms. The second-order valence-corrected chi connectivity index (χ2v) is 11.5. The van der Waals surface area contributed by atoms with Gasteiger partial charge in [0.05, 0.1) is 19.1 Å². The van der Waals surface area contributed by atoms with Gasteiger partial charge in [-0.25, -0.2) is 8.42 Å². The smallest absolute Gasteiger partial charge is 0.244 e. The highest BCUT2D eigenvalue weighted by Gasteiger charge is 2.32. The fourth-order valence-corrected chi connectivity index (χ4v) is 5.41. The Morgan fingerprint density at radius 1 is 1.17 bits per heavy atom. The van der Waals surface area contributed by atoms with Crippen LogP contribution < -0.4 is 14.4 Å². The quantitative estimate of drug-likeness (QED) is 0.498. The summed E-state index contributed by atoms with van der Waals surface area (Å²) in [7, 11) is -2.42. The van der Waals surface area contributed by atoms with E-state index < -0.39 is 28.5 Å². The number of nitrogens with zero attached hydrogens (tertiary/aromatic N) is 2. The molecule has 0 aromatic heterocycles. The number of nitrogens with one attached hydrogen (secondary N) is 1. The van der Waals surface area contributed by atoms with Crippen LogP contribution in [0.4, 0.5) is 5.69 Å². The zero-order valence-corrected chi connectivity index (χ0v) is 22.7. The maximum absolute atomic E-state index is 13.7. The predicted octanol–water partition coefficient (Wildman–Crippen LogP) is 3.90. The number of benzene rings is 2. The summed E-state index contributed by atoms with van der Waals surface area (Å²) in [5.74, 6) is -0.483. The number of rotatable bonds is 10. The SMILES string of the molecule is COc1ccc(C)cc1N(CC(=O)N(Cc1ccccc1Cl)C(C)C(=O)NC1CCCC1)S(C)(=O)=O. The van der Waals surface area contributed by atoms with Crippen molar-refractivity contribution in [3.63, 3.8) is 0 Å². The van der Waals surface area contributed by atoms with E-state index in [1.807, 2.05) is 6.92 Å². The fraction of sp³-hybridized carbons (Fsp3) is 0.462. The van der Waals surface area contributed by atoms with Gasteiger partial charge in [0.15, 0.2) is 0 Å². The number of halogens is 1. The molecule has 0 spiro atoms. The third-order valence-corrected chi connectivity index (χ3v) is 7.94. The lowest BCUT2D eigenvalue weighted by molar-refractivity contribution is -0.139. The van der Waals surface area contributed by atoms with Crippen LogP contribution in [0.3, 0.4) is 0 Å². The van der Waals surface area contributed by atoms with Gasteiger partial charge in [-0.2, -0.15) is 0 Å². The standard InChI is InChI=1S/C26H34ClN3O5S/c1-18-13-14-24(35-3)23(15-18)30(36(4,33)34)17-25(31)29(16-20-9-5-8-12-22(20)27)19(2)26(32)28-21-10-6-7-11-21/h5,8-9,12-15,19,21H,6-7,10-11,16-17H2,1-4H3,(H,28,32). The van der Waals surface area contributed by atoms with E-state index in [-0.39, 0.29) is 24.2 Å². The Kier molecular flexibility index (Phi) is 9.24. The largest absolute Gasteiger partial charge is 0.495 e. The molecule has 0 radical (unpaired) electrons. The van der Waals surface area contributed by atoms with E-state index in [2.05, 4.69) is 5.32 Å². The van der Waals surface area contributed by atoms with Crippen molar-refractivity contribution in [1.82, 2.24) is 10.2 Å². The second-order valence-electron chi connectivity index (χ2n) is 9.22. The second kappa shape index (κ2) is 12.0. The molecule has 8 nitrogen and oxygen atoms in total. The van der Waals surface area contributed by atoms with Gasteiger partial charge in [0.25, 0.3) is 0 Å². The van der Waals surface area contributed by atoms with Crippen LogP contribution in [0.2, 0.25) is 5.02 Å². The molecule has 1 saturated carbocycles. The number of anilines is 1. The van der Waals surface area contributed by atoms with Gasteiger partial charge in [-0.05, 0) is 56.0 Å². The monoisotopic (exact) mass is 535 g/mol. The lowest BCUT2D eigenvalue weighted by Gasteiger charge is -2.32. The minimum atomic E-state index is -3.86. The van der Waals surface area contributed by atoms with Crippen molar-refractivity contribution in [2.45, 2.75) is 58.2 Å². The van der Waals surface area contributed by atoms with Crippen molar-refractivity contribution in [1.29, 1.82) is 0 Å². The third kappa shape index (κ3) is 6.91. The Morgan fingerprint density at radius 3 is 2.44 bits per heavy atom. The van der Waals surface area contributed by atoms with Gasteiger partial charge in [0.1, 0.15) is 18.3 Å². The number of hydrogen-bond acceptors (Lipinski definition) is 5. The van der Waals surface area contributed by atoms with E-state index in [9.17, 15) is 18.0 Å². The number of carbonyl (C=O) groups is 2. The van der Waals surface area contributed by atoms with Gasteiger partial charge in [-0.3, -0.25) is 13.9 Å². The Labute approximate surface area is 218 Å². The highest BCUT2D eigenvalue weighted by atomic mass is 35.5. The number of carbonyl (C=O) groups excluding carboxylic acids is 2. The minimum absolute atomic E-state index is 0.0559. The molecule has 1 aliphatic carbocycles. The highest BCUT2D eigenvalue weighted by molar-refractivity contribution is 7.92. The molecule has 1 aliphatic rings. The van der Waals surface area contributed by atoms with Gasteiger partial charge in [-0.1, -0.05) is 48.7 Å². The average Bonchev–Trinajstić information content (AvgIpc) is 3.33. The molecule has 196 valence electrons. The molecule has 1 N–H and O–H groups in total. The van der Waals surface area contributed by atoms with E-state index >= 15 is 0 Å². The zero-order chi connectivity index (χ0) is 26.5. The number of aryl methyl sites for hydroxylation is 1. The molecule has 1 atom stereocenters. The van der Waals surface area contributed by atoms with Crippen molar-refractivity contribution < 1.29 is 22.7 Å². The van der Waals surface area contributed by atoms with Crippen LogP contribution in [0.15, 0.2) is 42.5 Å². The van der Waals surface area contributed by atoms with Crippen LogP contribution in [-0.4, -0.2) is 57.1 Å². The molecular weight excluding hydrogens is 502 g/mol. The Hall–Kier alpha value is -2.78. The van der Waals surface area contributed by atoms with Gasteiger partial charge in [0, 0.05) is 17.6 Å². The van der Waals surface area contributed by atoms with E-state index in [1.54, 1.807) is 49.4 Å². The molecule has 2 aromatic carbocycles. The van der Waals surface area contributed by atoms with Crippen molar-refractivity contribution >= 4 is 39.1 Å². The van der Waals surface area contributed by atoms with Crippen LogP contribution in [0, 0.1) is 6.92 Å². The molecule has 0 bridgehead atoms. The van der Waals surface area contributed by atoms with Gasteiger partial charge in [0.2, 0.25) is 21.8 Å². The number of ether oxygens (including phenoxy) is 1. The molecular formula is C26H34ClN3O5S. The molecule has 0 aliphatic heterocycles. The summed E-state index contributed by atoms with van der Waals surface area (Å²) < 4.78 is 32.0. The van der Waals surface area contributed by atoms with Crippen LogP contribution in [0.25, 0.3) is 0 Å². The summed E-state index contributed by atoms with van der Waals surface area (Å²) in [5, 5.41) is 3.50. The molecule has 0 heterocycles. The molecule has 1 unspecified atom stereocenters. The van der Waals surface area contributed by atoms with Crippen molar-refractivity contribution in [2.24, 2.45) is 0 Å². The van der Waals surface area contributed by atoms with E-state index in [0.717, 1.165) is 41.8 Å². The predicted molar refractivity (Wildman–Crippen MR) is 142 cm³/mol. The number of sulfonamides is 1. The summed E-state index contributed by atoms with van der Waals surface area (Å²) in [6.07, 6.45) is 4.97. The number of amides is 2. The maximum atomic E-state index is 13.7. The van der Waals surface area contributed by atoms with Crippen molar-refractivity contribution in [2.75, 3.05) is 24.2 Å². The Bertz CT molecular complexity index is 1200. The summed E-state index contributed by atoms with van der Waals surface area (Å²) in [6.45, 7) is 3.03. The van der Waals surface area contributed by atoms with Crippen LogP contribution in [0.1, 0.15) is 43.7 Å². The van der Waals surface area contributed by atoms with Gasteiger partial charge in [-0.15, -0.1) is 0 Å². The molecule has 2 amide bonds. The number of methoxy groups -OCH3 is 1. The summed E-state index contributed by atoms with van der Waals surface area (Å²) >= 11 is 6.36. The first-order chi connectivity index (χ1) is 17.0. The summed E-state index contributed by atoms with van der Waals surface area (Å²) in [4.78, 5) is 28.2. The lowest BCUT2D eigenvalue weighted by atomic mass is 10.1. The normalized spacial score (nSPS) is 14.8. The first-order valence-corrected chi connectivity index (χ1v) is 14.2. The minimum Gasteiger partial charge on any atom is -0.495 e. The van der Waals surface area contributed by atoms with Crippen LogP contribution >= 0.6 is 11.6 Å². The summed E-state index contributed by atoms with van der Waals surface area (Å²) in [5.41, 5.74) is 1.73. The fourth-order valence-electron chi connectivity index (χ4n) is 4.37. The zero-order valence-electron chi connectivity index (χ0n) is 21.2. The Morgan fingerprint density at radius 2 is 1.83 bits per heavy atom. The molecule has 3 rings (SSSR count). The molecule has 0 saturated heterocycles. The first-order valence-electron chi connectivity index (χ1n) is 12.0. The van der Waals surface area contributed by atoms with Gasteiger partial charge < -0.3 is 15.0 Å². The molecule has 1 fully saturated rings. The van der Waals surface area contributed by atoms with Crippen molar-refractivity contribution in [3.8, 4) is 5.75 Å². The average molecular weight is 536 g/mol. The summed E-state index contributed by atoms with van der Waals surface area (Å²) in [6, 6.07) is 11.4. The van der Waals surface area contributed by atoms with E-state index in [0.29, 0.717) is 16.3 Å². The van der Waals surface area contributed by atoms with Crippen molar-refractivity contribution in [3.05, 3.63) is 58.6 Å². The Balaban J connectivity index is 1.94. The molecule has 2 aromatic rings. The molecule has 36 heavy (non-hydrogen) atoms. The third-order valence-electron chi connectivity index (χ3n) is 6.45. The lowest BCUT2D eigenvalue weighted by Crippen LogP contribution is -2.52. The van der Waals surface area contributed by atoms with Crippen LogP contribution in [0.5, 0.6) is 5.75 Å². The topological polar surface area (TPSA) is 96.0 Å². The van der Waals surface area contributed by atoms with E-state index in [1.165, 1.54) is 12.0 Å².